The van der Waals surface area contributed by atoms with Gasteiger partial charge in [-0.3, -0.25) is 14.9 Å². The Bertz CT molecular complexity index is 772. The summed E-state index contributed by atoms with van der Waals surface area (Å²) < 4.78 is 27.4. The van der Waals surface area contributed by atoms with Gasteiger partial charge in [0, 0.05) is 17.7 Å². The molecule has 0 saturated heterocycles. The molecule has 0 spiro atoms. The van der Waals surface area contributed by atoms with E-state index in [0.29, 0.717) is 25.7 Å². The number of carboxylic acid groups (broad SMARTS) is 1. The number of halogens is 1. The van der Waals surface area contributed by atoms with Crippen LogP contribution in [-0.4, -0.2) is 30.5 Å². The lowest BCUT2D eigenvalue weighted by Crippen LogP contribution is -2.38. The number of hydrogen-bond acceptors (Lipinski definition) is 5. The maximum absolute atomic E-state index is 12.4. The van der Waals surface area contributed by atoms with Crippen LogP contribution in [0, 0.1) is 23.0 Å². The van der Waals surface area contributed by atoms with Crippen molar-refractivity contribution in [3.05, 3.63) is 32.8 Å². The minimum Gasteiger partial charge on any atom is -0.481 e. The van der Waals surface area contributed by atoms with E-state index in [9.17, 15) is 23.3 Å². The van der Waals surface area contributed by atoms with Crippen molar-refractivity contribution in [2.24, 2.45) is 5.92 Å². The first-order valence-corrected chi connectivity index (χ1v) is 9.17. The molecular weight excluding hydrogens is 360 g/mol. The van der Waals surface area contributed by atoms with Gasteiger partial charge in [-0.2, -0.15) is 0 Å². The number of nitro benzene ring substituents is 1. The normalized spacial score (nSPS) is 21.4. The third-order valence-electron chi connectivity index (χ3n) is 4.20. The van der Waals surface area contributed by atoms with E-state index in [1.807, 2.05) is 0 Å². The summed E-state index contributed by atoms with van der Waals surface area (Å²) in [7, 11) is -3.98. The molecule has 2 rings (SSSR count). The van der Waals surface area contributed by atoms with Crippen molar-refractivity contribution in [2.45, 2.75) is 43.5 Å². The number of carboxylic acids is 1. The van der Waals surface area contributed by atoms with Crippen LogP contribution < -0.4 is 4.72 Å². The molecule has 0 bridgehead atoms. The van der Waals surface area contributed by atoms with Crippen LogP contribution >= 0.6 is 11.6 Å². The van der Waals surface area contributed by atoms with Gasteiger partial charge in [0.1, 0.15) is 0 Å². The van der Waals surface area contributed by atoms with E-state index < -0.39 is 32.9 Å². The van der Waals surface area contributed by atoms with Gasteiger partial charge in [0.25, 0.3) is 5.69 Å². The van der Waals surface area contributed by atoms with E-state index in [0.717, 1.165) is 6.07 Å². The lowest BCUT2D eigenvalue weighted by atomic mass is 9.87. The summed E-state index contributed by atoms with van der Waals surface area (Å²) in [4.78, 5) is 21.0. The summed E-state index contributed by atoms with van der Waals surface area (Å²) >= 11 is 5.90. The quantitative estimate of drug-likeness (QED) is 0.600. The van der Waals surface area contributed by atoms with Gasteiger partial charge in [-0.15, -0.1) is 0 Å². The molecule has 0 atom stereocenters. The van der Waals surface area contributed by atoms with Crippen LogP contribution in [0.1, 0.15) is 31.2 Å². The highest BCUT2D eigenvalue weighted by molar-refractivity contribution is 7.89. The molecule has 0 aliphatic heterocycles. The summed E-state index contributed by atoms with van der Waals surface area (Å²) in [6.07, 6.45) is 1.57. The van der Waals surface area contributed by atoms with E-state index in [-0.39, 0.29) is 21.2 Å². The zero-order valence-electron chi connectivity index (χ0n) is 12.9. The number of nitrogens with one attached hydrogen (secondary N) is 1. The van der Waals surface area contributed by atoms with Crippen molar-refractivity contribution < 1.29 is 23.2 Å². The molecule has 24 heavy (non-hydrogen) atoms. The van der Waals surface area contributed by atoms with Crippen molar-refractivity contribution in [3.63, 3.8) is 0 Å². The summed E-state index contributed by atoms with van der Waals surface area (Å²) in [6.45, 7) is 1.44. The van der Waals surface area contributed by atoms with Gasteiger partial charge in [0.15, 0.2) is 0 Å². The van der Waals surface area contributed by atoms with Gasteiger partial charge in [0.2, 0.25) is 10.0 Å². The molecule has 0 amide bonds. The summed E-state index contributed by atoms with van der Waals surface area (Å²) in [6, 6.07) is 1.76. The van der Waals surface area contributed by atoms with Crippen molar-refractivity contribution >= 4 is 33.3 Å². The van der Waals surface area contributed by atoms with Crippen LogP contribution in [0.25, 0.3) is 0 Å². The maximum Gasteiger partial charge on any atom is 0.306 e. The van der Waals surface area contributed by atoms with Gasteiger partial charge < -0.3 is 5.11 Å². The number of carbonyl (C=O) groups is 1. The number of sulfonamides is 1. The van der Waals surface area contributed by atoms with Gasteiger partial charge in [0.05, 0.1) is 20.8 Å². The average Bonchev–Trinajstić information content (AvgIpc) is 2.49. The Labute approximate surface area is 144 Å². The van der Waals surface area contributed by atoms with Crippen molar-refractivity contribution in [2.75, 3.05) is 0 Å². The molecule has 1 fully saturated rings. The minimum absolute atomic E-state index is 0.000777. The fourth-order valence-corrected chi connectivity index (χ4v) is 4.36. The Kier molecular flexibility index (Phi) is 5.46. The molecule has 0 aromatic heterocycles. The third kappa shape index (κ3) is 4.03. The lowest BCUT2D eigenvalue weighted by molar-refractivity contribution is -0.385. The van der Waals surface area contributed by atoms with Gasteiger partial charge >= 0.3 is 5.97 Å². The van der Waals surface area contributed by atoms with E-state index in [4.69, 9.17) is 16.7 Å². The van der Waals surface area contributed by atoms with Crippen molar-refractivity contribution in [1.29, 1.82) is 0 Å². The van der Waals surface area contributed by atoms with E-state index in [1.165, 1.54) is 13.0 Å². The molecule has 0 heterocycles. The fourth-order valence-electron chi connectivity index (χ4n) is 2.73. The molecule has 1 aliphatic rings. The van der Waals surface area contributed by atoms with Crippen LogP contribution in [0.15, 0.2) is 17.0 Å². The molecule has 8 nitrogen and oxygen atoms in total. The zero-order chi connectivity index (χ0) is 18.1. The highest BCUT2D eigenvalue weighted by Crippen LogP contribution is 2.30. The number of benzene rings is 1. The van der Waals surface area contributed by atoms with Gasteiger partial charge in [-0.05, 0) is 38.7 Å². The first-order chi connectivity index (χ1) is 11.1. The second kappa shape index (κ2) is 7.04. The van der Waals surface area contributed by atoms with Gasteiger partial charge in [-0.1, -0.05) is 11.6 Å². The summed E-state index contributed by atoms with van der Waals surface area (Å²) in [5.41, 5.74) is -0.167. The molecule has 132 valence electrons. The molecule has 1 saturated carbocycles. The molecule has 1 aromatic carbocycles. The Balaban J connectivity index is 2.20. The highest BCUT2D eigenvalue weighted by Gasteiger charge is 2.30. The van der Waals surface area contributed by atoms with Crippen LogP contribution in [0.4, 0.5) is 5.69 Å². The van der Waals surface area contributed by atoms with E-state index in [1.54, 1.807) is 0 Å². The number of aliphatic carboxylic acids is 1. The maximum atomic E-state index is 12.4. The largest absolute Gasteiger partial charge is 0.481 e. The smallest absolute Gasteiger partial charge is 0.306 e. The lowest BCUT2D eigenvalue weighted by Gasteiger charge is -2.26. The first kappa shape index (κ1) is 18.6. The number of hydrogen-bond donors (Lipinski definition) is 2. The molecule has 1 aromatic rings. The minimum atomic E-state index is -3.98. The first-order valence-electron chi connectivity index (χ1n) is 7.31. The Morgan fingerprint density at radius 3 is 2.42 bits per heavy atom. The van der Waals surface area contributed by atoms with Crippen LogP contribution in [0.2, 0.25) is 5.02 Å². The standard InChI is InChI=1S/C14H17ClN2O6S/c1-8-12(15)6-11(7-13(8)17(20)21)24(22,23)16-10-4-2-9(3-5-10)14(18)19/h6-7,9-10,16H,2-5H2,1H3,(H,18,19). The Morgan fingerprint density at radius 2 is 1.92 bits per heavy atom. The highest BCUT2D eigenvalue weighted by atomic mass is 35.5. The number of nitrogens with zero attached hydrogens (tertiary/aromatic N) is 1. The molecular formula is C14H17ClN2O6S. The van der Waals surface area contributed by atoms with Crippen LogP contribution in [0.5, 0.6) is 0 Å². The predicted octanol–water partition coefficient (Wildman–Crippen LogP) is 2.48. The zero-order valence-corrected chi connectivity index (χ0v) is 14.4. The second-order valence-electron chi connectivity index (χ2n) is 5.81. The second-order valence-corrected chi connectivity index (χ2v) is 7.94. The predicted molar refractivity (Wildman–Crippen MR) is 86.5 cm³/mol. The van der Waals surface area contributed by atoms with E-state index >= 15 is 0 Å². The SMILES string of the molecule is Cc1c(Cl)cc(S(=O)(=O)NC2CCC(C(=O)O)CC2)cc1[N+](=O)[O-]. The van der Waals surface area contributed by atoms with Crippen molar-refractivity contribution in [3.8, 4) is 0 Å². The van der Waals surface area contributed by atoms with E-state index in [2.05, 4.69) is 4.72 Å². The molecule has 1 aliphatic carbocycles. The molecule has 0 unspecified atom stereocenters. The topological polar surface area (TPSA) is 127 Å². The van der Waals surface area contributed by atoms with Crippen LogP contribution in [-0.2, 0) is 14.8 Å². The summed E-state index contributed by atoms with van der Waals surface area (Å²) in [5, 5.41) is 20.0. The third-order valence-corrected chi connectivity index (χ3v) is 6.09. The number of nitro groups is 1. The van der Waals surface area contributed by atoms with Crippen molar-refractivity contribution in [1.82, 2.24) is 4.72 Å². The fraction of sp³-hybridized carbons (Fsp3) is 0.500. The Morgan fingerprint density at radius 1 is 1.33 bits per heavy atom. The molecule has 0 radical (unpaired) electrons. The molecule has 10 heteroatoms. The van der Waals surface area contributed by atoms with Crippen LogP contribution in [0.3, 0.4) is 0 Å². The monoisotopic (exact) mass is 376 g/mol. The molecule has 2 N–H and O–H groups in total. The number of rotatable bonds is 5. The van der Waals surface area contributed by atoms with Gasteiger partial charge in [-0.25, -0.2) is 13.1 Å². The Hall–Kier alpha value is -1.71. The summed E-state index contributed by atoms with van der Waals surface area (Å²) in [5.74, 6) is -1.34. The average molecular weight is 377 g/mol.